The molecule has 3 aliphatic rings. The maximum atomic E-state index is 12.0. The van der Waals surface area contributed by atoms with E-state index in [0.29, 0.717) is 24.1 Å². The van der Waals surface area contributed by atoms with Crippen LogP contribution in [0, 0.1) is 11.3 Å². The van der Waals surface area contributed by atoms with E-state index in [1.54, 1.807) is 0 Å². The third kappa shape index (κ3) is 6.14. The zero-order valence-electron chi connectivity index (χ0n) is 19.4. The molecule has 0 bridgehead atoms. The van der Waals surface area contributed by atoms with Gasteiger partial charge in [-0.25, -0.2) is 4.79 Å². The van der Waals surface area contributed by atoms with Crippen molar-refractivity contribution >= 4 is 36.0 Å². The Kier molecular flexibility index (Phi) is 8.69. The summed E-state index contributed by atoms with van der Waals surface area (Å²) in [4.78, 5) is 16.7. The quantitative estimate of drug-likeness (QED) is 0.289. The van der Waals surface area contributed by atoms with Crippen LogP contribution in [0.1, 0.15) is 73.6 Å². The lowest BCUT2D eigenvalue weighted by Gasteiger charge is -2.55. The summed E-state index contributed by atoms with van der Waals surface area (Å²) in [6.07, 6.45) is 5.10. The topological polar surface area (TPSA) is 84.0 Å². The molecule has 174 valence electrons. The molecule has 1 saturated heterocycles. The third-order valence-electron chi connectivity index (χ3n) is 6.50. The van der Waals surface area contributed by atoms with Gasteiger partial charge in [-0.05, 0) is 59.8 Å². The lowest BCUT2D eigenvalue weighted by Crippen LogP contribution is -2.68. The van der Waals surface area contributed by atoms with Crippen molar-refractivity contribution in [3.8, 4) is 0 Å². The Labute approximate surface area is 198 Å². The third-order valence-corrected chi connectivity index (χ3v) is 6.50. The van der Waals surface area contributed by atoms with E-state index >= 15 is 0 Å². The lowest BCUT2D eigenvalue weighted by atomic mass is 9.57. The zero-order chi connectivity index (χ0) is 21.2. The fraction of sp³-hybridized carbons (Fsp3) is 0.909. The molecule has 1 amide bonds. The van der Waals surface area contributed by atoms with Crippen LogP contribution >= 0.6 is 24.0 Å². The monoisotopic (exact) mass is 536 g/mol. The molecule has 0 spiro atoms. The number of hydrogen-bond donors (Lipinski definition) is 3. The van der Waals surface area contributed by atoms with E-state index in [-0.39, 0.29) is 41.5 Å². The number of guanidine groups is 1. The van der Waals surface area contributed by atoms with Gasteiger partial charge in [-0.1, -0.05) is 13.8 Å². The number of ether oxygens (including phenoxy) is 2. The number of aliphatic imine (C=N–C) groups is 1. The van der Waals surface area contributed by atoms with Crippen LogP contribution < -0.4 is 16.0 Å². The van der Waals surface area contributed by atoms with E-state index < -0.39 is 5.60 Å². The predicted octanol–water partition coefficient (Wildman–Crippen LogP) is 3.81. The summed E-state index contributed by atoms with van der Waals surface area (Å²) >= 11 is 0. The molecule has 0 radical (unpaired) electrons. The van der Waals surface area contributed by atoms with Crippen molar-refractivity contribution in [1.82, 2.24) is 16.0 Å². The molecule has 3 atom stereocenters. The van der Waals surface area contributed by atoms with Gasteiger partial charge in [-0.15, -0.1) is 24.0 Å². The van der Waals surface area contributed by atoms with Gasteiger partial charge in [0.15, 0.2) is 5.96 Å². The first kappa shape index (κ1) is 25.5. The minimum absolute atomic E-state index is 0. The highest BCUT2D eigenvalue weighted by molar-refractivity contribution is 14.0. The van der Waals surface area contributed by atoms with Gasteiger partial charge in [0.2, 0.25) is 0 Å². The van der Waals surface area contributed by atoms with Crippen LogP contribution in [0.3, 0.4) is 0 Å². The molecule has 2 saturated carbocycles. The number of halogens is 1. The van der Waals surface area contributed by atoms with Gasteiger partial charge in [0, 0.05) is 42.6 Å². The highest BCUT2D eigenvalue weighted by atomic mass is 127. The average Bonchev–Trinajstić information content (AvgIpc) is 3.07. The van der Waals surface area contributed by atoms with Crippen molar-refractivity contribution in [2.24, 2.45) is 16.3 Å². The average molecular weight is 536 g/mol. The van der Waals surface area contributed by atoms with Crippen molar-refractivity contribution in [2.75, 3.05) is 13.2 Å². The van der Waals surface area contributed by atoms with Crippen LogP contribution in [0.5, 0.6) is 0 Å². The molecule has 3 unspecified atom stereocenters. The molecule has 0 aromatic rings. The second kappa shape index (κ2) is 10.2. The molecule has 3 rings (SSSR count). The molecule has 2 aliphatic carbocycles. The van der Waals surface area contributed by atoms with Crippen LogP contribution in [-0.2, 0) is 9.47 Å². The van der Waals surface area contributed by atoms with E-state index in [1.165, 1.54) is 0 Å². The van der Waals surface area contributed by atoms with Crippen molar-refractivity contribution in [3.63, 3.8) is 0 Å². The fourth-order valence-corrected chi connectivity index (χ4v) is 5.11. The van der Waals surface area contributed by atoms with Crippen molar-refractivity contribution in [3.05, 3.63) is 0 Å². The molecular formula is C22H41IN4O3. The lowest BCUT2D eigenvalue weighted by molar-refractivity contribution is -0.106. The molecule has 3 N–H and O–H groups in total. The summed E-state index contributed by atoms with van der Waals surface area (Å²) in [5.74, 6) is 1.50. The number of rotatable bonds is 4. The fourth-order valence-electron chi connectivity index (χ4n) is 5.11. The molecule has 1 heterocycles. The molecule has 8 heteroatoms. The number of fused-ring (bicyclic) bond motifs is 1. The maximum absolute atomic E-state index is 12.0. The van der Waals surface area contributed by atoms with Crippen molar-refractivity contribution < 1.29 is 14.3 Å². The molecule has 0 aromatic carbocycles. The summed E-state index contributed by atoms with van der Waals surface area (Å²) in [5, 5.41) is 10.4. The molecule has 3 fully saturated rings. The first-order chi connectivity index (χ1) is 13.6. The van der Waals surface area contributed by atoms with Crippen LogP contribution in [0.2, 0.25) is 0 Å². The van der Waals surface area contributed by atoms with Gasteiger partial charge >= 0.3 is 6.09 Å². The number of hydrogen-bond acceptors (Lipinski definition) is 4. The highest BCUT2D eigenvalue weighted by Crippen LogP contribution is 2.52. The van der Waals surface area contributed by atoms with Crippen molar-refractivity contribution in [1.29, 1.82) is 0 Å². The van der Waals surface area contributed by atoms with E-state index in [1.807, 2.05) is 20.8 Å². The number of carbonyl (C=O) groups excluding carboxylic acids is 1. The minimum atomic E-state index is -0.460. The summed E-state index contributed by atoms with van der Waals surface area (Å²) in [6.45, 7) is 13.9. The van der Waals surface area contributed by atoms with E-state index in [2.05, 4.69) is 36.7 Å². The molecule has 1 aliphatic heterocycles. The van der Waals surface area contributed by atoms with Gasteiger partial charge in [-0.3, -0.25) is 4.99 Å². The molecule has 30 heavy (non-hydrogen) atoms. The molecular weight excluding hydrogens is 495 g/mol. The largest absolute Gasteiger partial charge is 0.444 e. The van der Waals surface area contributed by atoms with Gasteiger partial charge in [-0.2, -0.15) is 0 Å². The van der Waals surface area contributed by atoms with Crippen LogP contribution in [0.4, 0.5) is 4.79 Å². The van der Waals surface area contributed by atoms with Crippen LogP contribution in [0.15, 0.2) is 4.99 Å². The standard InChI is InChI=1S/C22H40N4O3.HI/c1-7-23-19(26-17-16-12-13-28-18(16)22(17,5)6)24-14-8-10-15(11-9-14)25-20(27)29-21(2,3)4;/h14-18H,7-13H2,1-6H3,(H,25,27)(H2,23,24,26);1H. The second-order valence-electron chi connectivity index (χ2n) is 10.3. The predicted molar refractivity (Wildman–Crippen MR) is 130 cm³/mol. The number of amides is 1. The van der Waals surface area contributed by atoms with Gasteiger partial charge < -0.3 is 25.4 Å². The van der Waals surface area contributed by atoms with E-state index in [4.69, 9.17) is 14.5 Å². The zero-order valence-corrected chi connectivity index (χ0v) is 21.7. The van der Waals surface area contributed by atoms with Gasteiger partial charge in [0.05, 0.1) is 6.10 Å². The normalized spacial score (nSPS) is 32.9. The van der Waals surface area contributed by atoms with Crippen LogP contribution in [-0.4, -0.2) is 55.0 Å². The number of alkyl carbamates (subject to hydrolysis) is 1. The smallest absolute Gasteiger partial charge is 0.407 e. The van der Waals surface area contributed by atoms with Crippen molar-refractivity contribution in [2.45, 2.75) is 103 Å². The molecule has 0 aromatic heterocycles. The number of nitrogens with one attached hydrogen (secondary N) is 3. The van der Waals surface area contributed by atoms with Gasteiger partial charge in [0.1, 0.15) is 5.60 Å². The second-order valence-corrected chi connectivity index (χ2v) is 10.3. The summed E-state index contributed by atoms with van der Waals surface area (Å²) in [5.41, 5.74) is -0.328. The Morgan fingerprint density at radius 1 is 1.07 bits per heavy atom. The van der Waals surface area contributed by atoms with E-state index in [0.717, 1.165) is 51.2 Å². The SMILES string of the molecule is CCN=C(NC1CCC(NC(=O)OC(C)(C)C)CC1)NC1C2CCOC2C1(C)C.I. The number of nitrogens with zero attached hydrogens (tertiary/aromatic N) is 1. The number of carbonyl (C=O) groups is 1. The van der Waals surface area contributed by atoms with Gasteiger partial charge in [0.25, 0.3) is 0 Å². The Morgan fingerprint density at radius 2 is 1.67 bits per heavy atom. The highest BCUT2D eigenvalue weighted by Gasteiger charge is 2.59. The summed E-state index contributed by atoms with van der Waals surface area (Å²) in [6, 6.07) is 0.964. The first-order valence-corrected chi connectivity index (χ1v) is 11.3. The van der Waals surface area contributed by atoms with E-state index in [9.17, 15) is 4.79 Å². The minimum Gasteiger partial charge on any atom is -0.444 e. The molecule has 7 nitrogen and oxygen atoms in total. The summed E-state index contributed by atoms with van der Waals surface area (Å²) in [7, 11) is 0. The maximum Gasteiger partial charge on any atom is 0.407 e. The Bertz CT molecular complexity index is 612. The first-order valence-electron chi connectivity index (χ1n) is 11.3. The Morgan fingerprint density at radius 3 is 2.23 bits per heavy atom. The Hall–Kier alpha value is -0.770. The van der Waals surface area contributed by atoms with Crippen LogP contribution in [0.25, 0.3) is 0 Å². The summed E-state index contributed by atoms with van der Waals surface area (Å²) < 4.78 is 11.3. The Balaban J connectivity index is 0.00000320.